The van der Waals surface area contributed by atoms with Crippen LogP contribution in [0.25, 0.3) is 0 Å². The molecule has 1 aliphatic heterocycles. The molecule has 0 bridgehead atoms. The third kappa shape index (κ3) is 4.91. The molecule has 0 radical (unpaired) electrons. The Bertz CT molecular complexity index is 1070. The van der Waals surface area contributed by atoms with Crippen LogP contribution in [-0.4, -0.2) is 38.3 Å². The smallest absolute Gasteiger partial charge is 0.237 e. The second kappa shape index (κ2) is 8.46. The third-order valence-corrected chi connectivity index (χ3v) is 7.36. The molecule has 0 spiro atoms. The van der Waals surface area contributed by atoms with Gasteiger partial charge in [-0.15, -0.1) is 11.8 Å². The van der Waals surface area contributed by atoms with Gasteiger partial charge in [-0.3, -0.25) is 9.59 Å². The van der Waals surface area contributed by atoms with Crippen LogP contribution in [0.5, 0.6) is 5.75 Å². The Morgan fingerprint density at radius 3 is 2.72 bits per heavy atom. The average molecular weight is 435 g/mol. The lowest BCUT2D eigenvalue weighted by Crippen LogP contribution is -2.26. The number of hydrogen-bond donors (Lipinski definition) is 2. The second-order valence-electron chi connectivity index (χ2n) is 6.73. The number of thioether (sulfide) groups is 1. The van der Waals surface area contributed by atoms with Crippen molar-refractivity contribution in [3.63, 3.8) is 0 Å². The summed E-state index contributed by atoms with van der Waals surface area (Å²) in [6.07, 6.45) is -0.200. The van der Waals surface area contributed by atoms with Crippen LogP contribution in [0.1, 0.15) is 18.9 Å². The van der Waals surface area contributed by atoms with Crippen molar-refractivity contribution in [1.29, 1.82) is 0 Å². The highest BCUT2D eigenvalue weighted by Gasteiger charge is 2.25. The lowest BCUT2D eigenvalue weighted by molar-refractivity contribution is -0.116. The minimum atomic E-state index is -3.69. The Hall–Kier alpha value is -2.52. The van der Waals surface area contributed by atoms with Crippen LogP contribution in [0.2, 0.25) is 0 Å². The Labute approximate surface area is 174 Å². The maximum atomic E-state index is 12.7. The number of nitrogens with one attached hydrogen (secondary N) is 2. The normalized spacial score (nSPS) is 16.0. The van der Waals surface area contributed by atoms with E-state index in [1.54, 1.807) is 25.1 Å². The number of amides is 2. The first-order chi connectivity index (χ1) is 13.7. The van der Waals surface area contributed by atoms with Crippen molar-refractivity contribution < 1.29 is 22.7 Å². The Kier molecular flexibility index (Phi) is 6.18. The number of aryl methyl sites for hydroxylation is 1. The maximum Gasteiger partial charge on any atom is 0.237 e. The number of ether oxygens (including phenoxy) is 1. The zero-order valence-corrected chi connectivity index (χ0v) is 17.9. The molecule has 2 aromatic carbocycles. The minimum Gasteiger partial charge on any atom is -0.495 e. The van der Waals surface area contributed by atoms with Crippen LogP contribution in [0, 0.1) is 6.92 Å². The summed E-state index contributed by atoms with van der Waals surface area (Å²) in [5, 5.41) is 5.19. The topological polar surface area (TPSA) is 102 Å². The summed E-state index contributed by atoms with van der Waals surface area (Å²) >= 11 is 1.38. The molecule has 29 heavy (non-hydrogen) atoms. The van der Waals surface area contributed by atoms with Crippen LogP contribution in [0.4, 0.5) is 11.4 Å². The molecular weight excluding hydrogens is 412 g/mol. The summed E-state index contributed by atoms with van der Waals surface area (Å²) in [4.78, 5) is 25.0. The zero-order chi connectivity index (χ0) is 21.2. The Morgan fingerprint density at radius 2 is 2.00 bits per heavy atom. The Balaban J connectivity index is 1.69. The van der Waals surface area contributed by atoms with Gasteiger partial charge in [-0.1, -0.05) is 6.07 Å². The molecule has 2 aromatic rings. The second-order valence-corrected chi connectivity index (χ2v) is 10.2. The molecule has 2 N–H and O–H groups in total. The predicted octanol–water partition coefficient (Wildman–Crippen LogP) is 3.24. The van der Waals surface area contributed by atoms with E-state index in [4.69, 9.17) is 4.74 Å². The van der Waals surface area contributed by atoms with Gasteiger partial charge in [-0.05, 0) is 49.7 Å². The van der Waals surface area contributed by atoms with E-state index in [0.29, 0.717) is 17.1 Å². The molecule has 7 nitrogen and oxygen atoms in total. The molecule has 0 saturated heterocycles. The number of anilines is 2. The van der Waals surface area contributed by atoms with Crippen molar-refractivity contribution in [1.82, 2.24) is 0 Å². The third-order valence-electron chi connectivity index (χ3n) is 4.47. The standard InChI is InChI=1S/C20H22N2O5S2/c1-12-4-6-17(27-3)15(10-12)21-19(23)8-9-29(25,26)14-5-7-18-16(11-14)22-20(24)13(2)28-18/h4-7,10-11,13H,8-9H2,1-3H3,(H,21,23)(H,22,24)/t13-/m0/s1. The number of carbonyl (C=O) groups is 2. The quantitative estimate of drug-likeness (QED) is 0.724. The number of fused-ring (bicyclic) bond motifs is 1. The lowest BCUT2D eigenvalue weighted by Gasteiger charge is -2.21. The number of methoxy groups -OCH3 is 1. The maximum absolute atomic E-state index is 12.7. The van der Waals surface area contributed by atoms with Crippen LogP contribution in [-0.2, 0) is 19.4 Å². The van der Waals surface area contributed by atoms with Crippen LogP contribution in [0.3, 0.4) is 0 Å². The van der Waals surface area contributed by atoms with E-state index in [1.807, 2.05) is 13.0 Å². The van der Waals surface area contributed by atoms with Crippen molar-refractivity contribution in [3.05, 3.63) is 42.0 Å². The van der Waals surface area contributed by atoms with Crippen LogP contribution < -0.4 is 15.4 Å². The average Bonchev–Trinajstić information content (AvgIpc) is 2.67. The molecule has 0 fully saturated rings. The molecule has 3 rings (SSSR count). The number of hydrogen-bond acceptors (Lipinski definition) is 6. The molecule has 0 unspecified atom stereocenters. The first-order valence-electron chi connectivity index (χ1n) is 8.98. The van der Waals surface area contributed by atoms with Gasteiger partial charge in [-0.2, -0.15) is 0 Å². The van der Waals surface area contributed by atoms with Crippen LogP contribution in [0.15, 0.2) is 46.2 Å². The first kappa shape index (κ1) is 21.2. The van der Waals surface area contributed by atoms with Gasteiger partial charge in [0.15, 0.2) is 9.84 Å². The minimum absolute atomic E-state index is 0.0765. The molecule has 0 saturated carbocycles. The van der Waals surface area contributed by atoms with Crippen LogP contribution >= 0.6 is 11.8 Å². The molecule has 1 heterocycles. The highest BCUT2D eigenvalue weighted by Crippen LogP contribution is 2.37. The van der Waals surface area contributed by atoms with Gasteiger partial charge in [0.25, 0.3) is 0 Å². The first-order valence-corrected chi connectivity index (χ1v) is 11.5. The molecule has 2 amide bonds. The molecule has 1 aliphatic rings. The molecule has 154 valence electrons. The van der Waals surface area contributed by atoms with Crippen molar-refractivity contribution in [2.45, 2.75) is 35.3 Å². The van der Waals surface area contributed by atoms with E-state index in [0.717, 1.165) is 10.5 Å². The molecule has 0 aromatic heterocycles. The van der Waals surface area contributed by atoms with Gasteiger partial charge in [0.1, 0.15) is 5.75 Å². The highest BCUT2D eigenvalue weighted by molar-refractivity contribution is 8.01. The van der Waals surface area contributed by atoms with Crippen molar-refractivity contribution in [2.75, 3.05) is 23.5 Å². The summed E-state index contributed by atoms with van der Waals surface area (Å²) in [5.41, 5.74) is 1.92. The fourth-order valence-electron chi connectivity index (χ4n) is 2.86. The fraction of sp³-hybridized carbons (Fsp3) is 0.300. The van der Waals surface area contributed by atoms with E-state index in [2.05, 4.69) is 10.6 Å². The predicted molar refractivity (Wildman–Crippen MR) is 113 cm³/mol. The van der Waals surface area contributed by atoms with Gasteiger partial charge in [0.05, 0.1) is 34.4 Å². The van der Waals surface area contributed by atoms with Gasteiger partial charge in [0, 0.05) is 11.3 Å². The largest absolute Gasteiger partial charge is 0.495 e. The molecule has 9 heteroatoms. The van der Waals surface area contributed by atoms with E-state index >= 15 is 0 Å². The summed E-state index contributed by atoms with van der Waals surface area (Å²) in [6.45, 7) is 3.67. The lowest BCUT2D eigenvalue weighted by atomic mass is 10.2. The number of carbonyl (C=O) groups excluding carboxylic acids is 2. The Morgan fingerprint density at radius 1 is 1.24 bits per heavy atom. The zero-order valence-electron chi connectivity index (χ0n) is 16.3. The molecule has 0 aliphatic carbocycles. The summed E-state index contributed by atoms with van der Waals surface area (Å²) < 4.78 is 30.6. The number of benzene rings is 2. The monoisotopic (exact) mass is 434 g/mol. The highest BCUT2D eigenvalue weighted by atomic mass is 32.2. The van der Waals surface area contributed by atoms with Crippen molar-refractivity contribution in [2.24, 2.45) is 0 Å². The summed E-state index contributed by atoms with van der Waals surface area (Å²) in [7, 11) is -2.19. The summed E-state index contributed by atoms with van der Waals surface area (Å²) in [5.74, 6) is -0.427. The van der Waals surface area contributed by atoms with E-state index in [-0.39, 0.29) is 28.2 Å². The summed E-state index contributed by atoms with van der Waals surface area (Å²) in [6, 6.07) is 9.99. The van der Waals surface area contributed by atoms with Gasteiger partial charge < -0.3 is 15.4 Å². The molecule has 1 atom stereocenters. The van der Waals surface area contributed by atoms with Crippen molar-refractivity contribution >= 4 is 44.8 Å². The van der Waals surface area contributed by atoms with Gasteiger partial charge in [0.2, 0.25) is 11.8 Å². The number of sulfone groups is 1. The van der Waals surface area contributed by atoms with Gasteiger partial charge >= 0.3 is 0 Å². The molecular formula is C20H22N2O5S2. The van der Waals surface area contributed by atoms with Crippen molar-refractivity contribution in [3.8, 4) is 5.75 Å². The van der Waals surface area contributed by atoms with Gasteiger partial charge in [-0.25, -0.2) is 8.42 Å². The SMILES string of the molecule is COc1ccc(C)cc1NC(=O)CCS(=O)(=O)c1ccc2c(c1)NC(=O)[C@H](C)S2. The fourth-order valence-corrected chi connectivity index (χ4v) is 5.05. The van der Waals surface area contributed by atoms with E-state index < -0.39 is 15.7 Å². The number of rotatable bonds is 6. The van der Waals surface area contributed by atoms with E-state index in [9.17, 15) is 18.0 Å². The van der Waals surface area contributed by atoms with E-state index in [1.165, 1.54) is 31.0 Å².